The van der Waals surface area contributed by atoms with E-state index in [9.17, 15) is 16.8 Å². The third-order valence-electron chi connectivity index (χ3n) is 5.78. The van der Waals surface area contributed by atoms with E-state index in [0.29, 0.717) is 0 Å². The van der Waals surface area contributed by atoms with Crippen molar-refractivity contribution in [3.8, 4) is 11.1 Å². The zero-order valence-electron chi connectivity index (χ0n) is 19.9. The highest BCUT2D eigenvalue weighted by Crippen LogP contribution is 2.26. The number of halogens is 1. The number of rotatable bonds is 8. The first-order chi connectivity index (χ1) is 17.0. The highest BCUT2D eigenvalue weighted by molar-refractivity contribution is 9.10. The lowest BCUT2D eigenvalue weighted by Crippen LogP contribution is -2.30. The maximum atomic E-state index is 13.7. The Labute approximate surface area is 221 Å². The summed E-state index contributed by atoms with van der Waals surface area (Å²) in [5.74, 6) is 0. The normalized spacial score (nSPS) is 12.1. The quantitative estimate of drug-likeness (QED) is 0.247. The molecular formula is C28H26BrNO4S2. The number of sulfone groups is 1. The summed E-state index contributed by atoms with van der Waals surface area (Å²) in [6.07, 6.45) is 1.18. The Morgan fingerprint density at radius 1 is 0.667 bits per heavy atom. The van der Waals surface area contributed by atoms with Gasteiger partial charge in [0.15, 0.2) is 9.84 Å². The summed E-state index contributed by atoms with van der Waals surface area (Å²) in [5, 5.41) is 0. The highest BCUT2D eigenvalue weighted by Gasteiger charge is 2.25. The SMILES string of the molecule is Cc1cccc(S(=O)(=O)N(Cc2ccc(-c3cccc(S(C)(=O)=O)c3)cc2)Cc2cccc(Br)c2)c1. The molecule has 0 aromatic heterocycles. The van der Waals surface area contributed by atoms with E-state index in [1.54, 1.807) is 36.4 Å². The van der Waals surface area contributed by atoms with Gasteiger partial charge in [0.1, 0.15) is 0 Å². The maximum absolute atomic E-state index is 13.7. The molecule has 0 aliphatic carbocycles. The average Bonchev–Trinajstić information content (AvgIpc) is 2.84. The van der Waals surface area contributed by atoms with Crippen LogP contribution in [0.2, 0.25) is 0 Å². The summed E-state index contributed by atoms with van der Waals surface area (Å²) >= 11 is 3.47. The molecule has 5 nitrogen and oxygen atoms in total. The molecule has 0 spiro atoms. The monoisotopic (exact) mass is 583 g/mol. The van der Waals surface area contributed by atoms with Gasteiger partial charge in [-0.3, -0.25) is 0 Å². The Morgan fingerprint density at radius 2 is 1.31 bits per heavy atom. The summed E-state index contributed by atoms with van der Waals surface area (Å²) in [4.78, 5) is 0.514. The van der Waals surface area contributed by atoms with E-state index < -0.39 is 19.9 Å². The topological polar surface area (TPSA) is 71.5 Å². The molecule has 0 aliphatic heterocycles. The first kappa shape index (κ1) is 26.3. The van der Waals surface area contributed by atoms with Crippen LogP contribution in [0.3, 0.4) is 0 Å². The Kier molecular flexibility index (Phi) is 7.80. The van der Waals surface area contributed by atoms with E-state index in [2.05, 4.69) is 15.9 Å². The second-order valence-corrected chi connectivity index (χ2v) is 13.6. The van der Waals surface area contributed by atoms with Gasteiger partial charge in [-0.2, -0.15) is 4.31 Å². The third-order valence-corrected chi connectivity index (χ3v) is 9.17. The number of hydrogen-bond donors (Lipinski definition) is 0. The van der Waals surface area contributed by atoms with Gasteiger partial charge in [0.05, 0.1) is 9.79 Å². The van der Waals surface area contributed by atoms with Crippen molar-refractivity contribution < 1.29 is 16.8 Å². The minimum absolute atomic E-state index is 0.187. The van der Waals surface area contributed by atoms with E-state index >= 15 is 0 Å². The molecule has 4 rings (SSSR count). The van der Waals surface area contributed by atoms with Gasteiger partial charge in [-0.05, 0) is 71.1 Å². The predicted octanol–water partition coefficient (Wildman–Crippen LogP) is 6.22. The number of hydrogen-bond acceptors (Lipinski definition) is 4. The van der Waals surface area contributed by atoms with Crippen molar-refractivity contribution in [1.82, 2.24) is 4.31 Å². The van der Waals surface area contributed by atoms with Crippen LogP contribution < -0.4 is 0 Å². The molecule has 0 saturated carbocycles. The van der Waals surface area contributed by atoms with Crippen molar-refractivity contribution in [2.45, 2.75) is 29.8 Å². The van der Waals surface area contributed by atoms with Gasteiger partial charge in [-0.25, -0.2) is 16.8 Å². The third kappa shape index (κ3) is 6.31. The van der Waals surface area contributed by atoms with Gasteiger partial charge in [0.25, 0.3) is 0 Å². The molecule has 0 unspecified atom stereocenters. The molecule has 0 radical (unpaired) electrons. The Hall–Kier alpha value is -2.78. The van der Waals surface area contributed by atoms with Crippen LogP contribution in [0.15, 0.2) is 111 Å². The molecule has 8 heteroatoms. The summed E-state index contributed by atoms with van der Waals surface area (Å²) in [6, 6.07) is 28.8. The molecule has 0 N–H and O–H groups in total. The molecule has 0 fully saturated rings. The van der Waals surface area contributed by atoms with Gasteiger partial charge in [-0.15, -0.1) is 0 Å². The molecule has 0 heterocycles. The molecule has 0 aliphatic rings. The van der Waals surface area contributed by atoms with E-state index in [-0.39, 0.29) is 22.9 Å². The van der Waals surface area contributed by atoms with E-state index in [1.807, 2.05) is 67.6 Å². The molecule has 0 amide bonds. The van der Waals surface area contributed by atoms with Crippen LogP contribution in [-0.4, -0.2) is 27.4 Å². The number of sulfonamides is 1. The smallest absolute Gasteiger partial charge is 0.224 e. The molecule has 36 heavy (non-hydrogen) atoms. The van der Waals surface area contributed by atoms with Crippen LogP contribution in [0.5, 0.6) is 0 Å². The average molecular weight is 585 g/mol. The molecule has 4 aromatic rings. The first-order valence-corrected chi connectivity index (χ1v) is 15.4. The molecule has 0 atom stereocenters. The van der Waals surface area contributed by atoms with Crippen molar-refractivity contribution in [3.63, 3.8) is 0 Å². The number of nitrogens with zero attached hydrogens (tertiary/aromatic N) is 1. The predicted molar refractivity (Wildman–Crippen MR) is 147 cm³/mol. The van der Waals surface area contributed by atoms with Crippen molar-refractivity contribution in [1.29, 1.82) is 0 Å². The second-order valence-electron chi connectivity index (χ2n) is 8.72. The van der Waals surface area contributed by atoms with Gasteiger partial charge in [-0.1, -0.05) is 76.6 Å². The zero-order valence-corrected chi connectivity index (χ0v) is 23.1. The zero-order chi connectivity index (χ0) is 25.9. The van der Waals surface area contributed by atoms with Crippen molar-refractivity contribution >= 4 is 35.8 Å². The van der Waals surface area contributed by atoms with E-state index in [1.165, 1.54) is 10.6 Å². The van der Waals surface area contributed by atoms with Gasteiger partial charge in [0, 0.05) is 23.8 Å². The minimum Gasteiger partial charge on any atom is -0.224 e. The van der Waals surface area contributed by atoms with Crippen LogP contribution in [0.1, 0.15) is 16.7 Å². The maximum Gasteiger partial charge on any atom is 0.243 e. The molecule has 0 saturated heterocycles. The lowest BCUT2D eigenvalue weighted by atomic mass is 10.0. The lowest BCUT2D eigenvalue weighted by molar-refractivity contribution is 0.401. The van der Waals surface area contributed by atoms with Gasteiger partial charge in [0.2, 0.25) is 10.0 Å². The molecule has 186 valence electrons. The van der Waals surface area contributed by atoms with E-state index in [4.69, 9.17) is 0 Å². The summed E-state index contributed by atoms with van der Waals surface area (Å²) in [5.41, 5.74) is 4.20. The van der Waals surface area contributed by atoms with Crippen molar-refractivity contribution in [2.75, 3.05) is 6.26 Å². The Morgan fingerprint density at radius 3 is 1.97 bits per heavy atom. The van der Waals surface area contributed by atoms with Crippen LogP contribution in [0, 0.1) is 6.92 Å². The standard InChI is InChI=1S/C28H26BrNO4S2/c1-21-6-3-11-28(16-21)36(33,34)30(20-23-7-4-9-26(29)17-23)19-22-12-14-24(15-13-22)25-8-5-10-27(18-25)35(2,31)32/h3-18H,19-20H2,1-2H3. The van der Waals surface area contributed by atoms with Gasteiger partial charge >= 0.3 is 0 Å². The number of benzene rings is 4. The van der Waals surface area contributed by atoms with Crippen molar-refractivity contribution in [2.24, 2.45) is 0 Å². The largest absolute Gasteiger partial charge is 0.243 e. The fraction of sp³-hybridized carbons (Fsp3) is 0.143. The molecule has 4 aromatic carbocycles. The first-order valence-electron chi connectivity index (χ1n) is 11.2. The lowest BCUT2D eigenvalue weighted by Gasteiger charge is -2.23. The summed E-state index contributed by atoms with van der Waals surface area (Å²) in [7, 11) is -7.08. The second kappa shape index (κ2) is 10.7. The number of aryl methyl sites for hydroxylation is 1. The van der Waals surface area contributed by atoms with Crippen molar-refractivity contribution in [3.05, 3.63) is 118 Å². The van der Waals surface area contributed by atoms with Crippen LogP contribution >= 0.6 is 15.9 Å². The Balaban J connectivity index is 1.66. The van der Waals surface area contributed by atoms with Crippen LogP contribution in [-0.2, 0) is 33.0 Å². The molecule has 0 bridgehead atoms. The fourth-order valence-corrected chi connectivity index (χ4v) is 6.54. The van der Waals surface area contributed by atoms with Crippen LogP contribution in [0.25, 0.3) is 11.1 Å². The highest BCUT2D eigenvalue weighted by atomic mass is 79.9. The van der Waals surface area contributed by atoms with E-state index in [0.717, 1.165) is 32.3 Å². The fourth-order valence-electron chi connectivity index (χ4n) is 3.90. The molecular weight excluding hydrogens is 558 g/mol. The minimum atomic E-state index is -3.77. The van der Waals surface area contributed by atoms with Gasteiger partial charge < -0.3 is 0 Å². The van der Waals surface area contributed by atoms with Crippen LogP contribution in [0.4, 0.5) is 0 Å². The Bertz CT molecular complexity index is 1600. The summed E-state index contributed by atoms with van der Waals surface area (Å²) in [6.45, 7) is 2.27. The summed E-state index contributed by atoms with van der Waals surface area (Å²) < 4.78 is 53.5.